The van der Waals surface area contributed by atoms with Gasteiger partial charge in [0.15, 0.2) is 10.9 Å². The van der Waals surface area contributed by atoms with Crippen LogP contribution in [-0.4, -0.2) is 42.5 Å². The lowest BCUT2D eigenvalue weighted by molar-refractivity contribution is -0.0726. The third-order valence-corrected chi connectivity index (χ3v) is 6.57. The fourth-order valence-electron chi connectivity index (χ4n) is 3.80. The number of aliphatic hydroxyl groups is 1. The third kappa shape index (κ3) is 3.07. The number of hydrogen-bond acceptors (Lipinski definition) is 6. The first-order valence-electron chi connectivity index (χ1n) is 9.17. The van der Waals surface area contributed by atoms with Crippen molar-refractivity contribution in [2.45, 2.75) is 23.8 Å². The fourth-order valence-corrected chi connectivity index (χ4v) is 5.25. The number of methoxy groups -OCH3 is 2. The molecule has 0 aliphatic carbocycles. The standard InChI is InChI=1S/C21H24N2O3S/c1-25-16-10-11-17(18(14-16)26-2)21(24)19(15-8-4-3-5-9-15)27-20-22-12-6-7-13-23(20)21/h3-5,8-11,14,19,24H,6-7,12-13H2,1-2H3. The zero-order valence-corrected chi connectivity index (χ0v) is 16.4. The zero-order chi connectivity index (χ0) is 18.9. The molecule has 0 amide bonds. The van der Waals surface area contributed by atoms with Gasteiger partial charge in [0.25, 0.3) is 0 Å². The second-order valence-corrected chi connectivity index (χ2v) is 7.80. The summed E-state index contributed by atoms with van der Waals surface area (Å²) in [4.78, 5) is 6.80. The van der Waals surface area contributed by atoms with Gasteiger partial charge < -0.3 is 19.5 Å². The zero-order valence-electron chi connectivity index (χ0n) is 15.6. The van der Waals surface area contributed by atoms with E-state index in [9.17, 15) is 5.11 Å². The van der Waals surface area contributed by atoms with Gasteiger partial charge in [-0.2, -0.15) is 0 Å². The maximum atomic E-state index is 12.2. The summed E-state index contributed by atoms with van der Waals surface area (Å²) in [7, 11) is 3.25. The summed E-state index contributed by atoms with van der Waals surface area (Å²) in [5.41, 5.74) is 0.560. The quantitative estimate of drug-likeness (QED) is 0.869. The Bertz CT molecular complexity index is 843. The molecule has 0 radical (unpaired) electrons. The van der Waals surface area contributed by atoms with E-state index in [-0.39, 0.29) is 5.25 Å². The number of amidine groups is 1. The molecule has 2 aromatic rings. The molecule has 1 saturated heterocycles. The molecule has 1 N–H and O–H groups in total. The molecule has 0 bridgehead atoms. The van der Waals surface area contributed by atoms with Crippen LogP contribution in [-0.2, 0) is 5.72 Å². The Morgan fingerprint density at radius 1 is 1.11 bits per heavy atom. The van der Waals surface area contributed by atoms with Crippen LogP contribution in [0.25, 0.3) is 0 Å². The fraction of sp³-hybridized carbons (Fsp3) is 0.381. The highest BCUT2D eigenvalue weighted by Gasteiger charge is 2.54. The second kappa shape index (κ2) is 7.44. The minimum absolute atomic E-state index is 0.196. The van der Waals surface area contributed by atoms with Gasteiger partial charge in [0, 0.05) is 24.7 Å². The number of nitrogens with zero attached hydrogens (tertiary/aromatic N) is 2. The average molecular weight is 385 g/mol. The van der Waals surface area contributed by atoms with Crippen molar-refractivity contribution in [1.29, 1.82) is 0 Å². The van der Waals surface area contributed by atoms with Gasteiger partial charge in [-0.1, -0.05) is 42.1 Å². The molecule has 142 valence electrons. The molecule has 2 atom stereocenters. The van der Waals surface area contributed by atoms with Crippen molar-refractivity contribution in [3.63, 3.8) is 0 Å². The summed E-state index contributed by atoms with van der Waals surface area (Å²) < 4.78 is 11.0. The van der Waals surface area contributed by atoms with Crippen LogP contribution in [0.15, 0.2) is 53.5 Å². The molecular formula is C21H24N2O3S. The van der Waals surface area contributed by atoms with E-state index in [4.69, 9.17) is 14.5 Å². The van der Waals surface area contributed by atoms with E-state index in [0.29, 0.717) is 11.5 Å². The smallest absolute Gasteiger partial charge is 0.186 e. The Morgan fingerprint density at radius 2 is 1.93 bits per heavy atom. The molecule has 1 fully saturated rings. The van der Waals surface area contributed by atoms with E-state index < -0.39 is 5.72 Å². The molecule has 0 saturated carbocycles. The van der Waals surface area contributed by atoms with Crippen molar-refractivity contribution >= 4 is 16.9 Å². The molecule has 2 unspecified atom stereocenters. The van der Waals surface area contributed by atoms with Gasteiger partial charge >= 0.3 is 0 Å². The van der Waals surface area contributed by atoms with Gasteiger partial charge in [-0.15, -0.1) is 0 Å². The molecule has 4 rings (SSSR count). The maximum Gasteiger partial charge on any atom is 0.186 e. The van der Waals surface area contributed by atoms with Crippen molar-refractivity contribution in [1.82, 2.24) is 4.90 Å². The van der Waals surface area contributed by atoms with Crippen molar-refractivity contribution in [3.05, 3.63) is 59.7 Å². The van der Waals surface area contributed by atoms with Crippen LogP contribution in [0, 0.1) is 0 Å². The van der Waals surface area contributed by atoms with Crippen LogP contribution in [0.5, 0.6) is 11.5 Å². The molecule has 2 aliphatic rings. The number of hydrogen-bond donors (Lipinski definition) is 1. The van der Waals surface area contributed by atoms with Crippen LogP contribution >= 0.6 is 11.8 Å². The van der Waals surface area contributed by atoms with Crippen molar-refractivity contribution < 1.29 is 14.6 Å². The second-order valence-electron chi connectivity index (χ2n) is 6.72. The molecule has 2 aromatic carbocycles. The first-order chi connectivity index (χ1) is 13.2. The van der Waals surface area contributed by atoms with Gasteiger partial charge in [-0.05, 0) is 30.5 Å². The largest absolute Gasteiger partial charge is 0.497 e. The van der Waals surface area contributed by atoms with Gasteiger partial charge in [-0.25, -0.2) is 0 Å². The number of thioether (sulfide) groups is 1. The topological polar surface area (TPSA) is 54.3 Å². The molecule has 5 nitrogen and oxygen atoms in total. The SMILES string of the molecule is COc1ccc(C2(O)C(c3ccccc3)SC3=NCCCCN32)c(OC)c1. The Labute approximate surface area is 164 Å². The molecule has 2 heterocycles. The van der Waals surface area contributed by atoms with E-state index in [2.05, 4.69) is 12.1 Å². The summed E-state index contributed by atoms with van der Waals surface area (Å²) in [6.07, 6.45) is 2.03. The molecular weight excluding hydrogens is 360 g/mol. The summed E-state index contributed by atoms with van der Waals surface area (Å²) in [6, 6.07) is 15.7. The van der Waals surface area contributed by atoms with Crippen LogP contribution in [0.2, 0.25) is 0 Å². The van der Waals surface area contributed by atoms with Crippen molar-refractivity contribution in [3.8, 4) is 11.5 Å². The van der Waals surface area contributed by atoms with E-state index in [1.54, 1.807) is 26.0 Å². The monoisotopic (exact) mass is 384 g/mol. The lowest BCUT2D eigenvalue weighted by Crippen LogP contribution is -2.46. The lowest BCUT2D eigenvalue weighted by Gasteiger charge is -2.38. The minimum Gasteiger partial charge on any atom is -0.497 e. The summed E-state index contributed by atoms with van der Waals surface area (Å²) in [5.74, 6) is 1.31. The molecule has 0 spiro atoms. The van der Waals surface area contributed by atoms with Crippen LogP contribution < -0.4 is 9.47 Å². The van der Waals surface area contributed by atoms with E-state index >= 15 is 0 Å². The van der Waals surface area contributed by atoms with E-state index in [1.807, 2.05) is 41.3 Å². The van der Waals surface area contributed by atoms with E-state index in [0.717, 1.165) is 42.2 Å². The summed E-state index contributed by atoms with van der Waals surface area (Å²) >= 11 is 1.63. The van der Waals surface area contributed by atoms with E-state index in [1.165, 1.54) is 0 Å². The highest BCUT2D eigenvalue weighted by atomic mass is 32.2. The summed E-state index contributed by atoms with van der Waals surface area (Å²) in [6.45, 7) is 1.57. The molecule has 27 heavy (non-hydrogen) atoms. The number of benzene rings is 2. The van der Waals surface area contributed by atoms with Crippen molar-refractivity contribution in [2.75, 3.05) is 27.3 Å². The highest BCUT2D eigenvalue weighted by Crippen LogP contribution is 2.56. The van der Waals surface area contributed by atoms with Crippen LogP contribution in [0.3, 0.4) is 0 Å². The van der Waals surface area contributed by atoms with Gasteiger partial charge in [0.2, 0.25) is 0 Å². The van der Waals surface area contributed by atoms with Gasteiger partial charge in [0.1, 0.15) is 11.5 Å². The highest BCUT2D eigenvalue weighted by molar-refractivity contribution is 8.14. The Balaban J connectivity index is 1.89. The predicted molar refractivity (Wildman–Crippen MR) is 108 cm³/mol. The Morgan fingerprint density at radius 3 is 2.67 bits per heavy atom. The third-order valence-electron chi connectivity index (χ3n) is 5.18. The van der Waals surface area contributed by atoms with Crippen molar-refractivity contribution in [2.24, 2.45) is 4.99 Å². The summed E-state index contributed by atoms with van der Waals surface area (Å²) in [5, 5.41) is 12.9. The minimum atomic E-state index is -1.24. The van der Waals surface area contributed by atoms with Gasteiger partial charge in [-0.3, -0.25) is 4.99 Å². The average Bonchev–Trinajstić information content (AvgIpc) is 2.87. The molecule has 2 aliphatic heterocycles. The van der Waals surface area contributed by atoms with Gasteiger partial charge in [0.05, 0.1) is 19.5 Å². The molecule has 6 heteroatoms. The lowest BCUT2D eigenvalue weighted by atomic mass is 9.91. The Hall–Kier alpha value is -2.18. The van der Waals surface area contributed by atoms with Crippen LogP contribution in [0.1, 0.15) is 29.2 Å². The number of fused-ring (bicyclic) bond motifs is 1. The number of rotatable bonds is 4. The van der Waals surface area contributed by atoms with Crippen LogP contribution in [0.4, 0.5) is 0 Å². The maximum absolute atomic E-state index is 12.2. The predicted octanol–water partition coefficient (Wildman–Crippen LogP) is 3.79. The number of aliphatic imine (C=N–C) groups is 1. The normalized spacial score (nSPS) is 24.8. The first kappa shape index (κ1) is 18.2. The first-order valence-corrected chi connectivity index (χ1v) is 10.0. The Kier molecular flexibility index (Phi) is 5.02. The number of ether oxygens (including phenoxy) is 2. The molecule has 0 aromatic heterocycles.